The Hall–Kier alpha value is -1.62. The van der Waals surface area contributed by atoms with Gasteiger partial charge in [0.25, 0.3) is 0 Å². The van der Waals surface area contributed by atoms with E-state index < -0.39 is 0 Å². The minimum absolute atomic E-state index is 0.285. The summed E-state index contributed by atoms with van der Waals surface area (Å²) in [6.07, 6.45) is 5.04. The number of methoxy groups -OCH3 is 1. The highest BCUT2D eigenvalue weighted by atomic mass is 16.5. The van der Waals surface area contributed by atoms with E-state index in [1.807, 2.05) is 18.2 Å². The number of hydrogen-bond acceptors (Lipinski definition) is 2. The molecule has 0 fully saturated rings. The number of benzene rings is 1. The fraction of sp³-hybridized carbons (Fsp3) is 0.200. The molecule has 0 aliphatic heterocycles. The Bertz CT molecular complexity index is 286. The molecule has 0 aliphatic carbocycles. The number of ether oxygens (including phenoxy) is 2. The van der Waals surface area contributed by atoms with E-state index >= 15 is 0 Å². The first-order valence-electron chi connectivity index (χ1n) is 3.57. The molecule has 0 amide bonds. The fourth-order valence-electron chi connectivity index (χ4n) is 0.816. The van der Waals surface area contributed by atoms with Gasteiger partial charge in [-0.3, -0.25) is 0 Å². The molecule has 0 saturated carbocycles. The monoisotopic (exact) mass is 162 g/mol. The van der Waals surface area contributed by atoms with Crippen molar-refractivity contribution in [2.24, 2.45) is 0 Å². The predicted molar refractivity (Wildman–Crippen MR) is 47.3 cm³/mol. The highest BCUT2D eigenvalue weighted by molar-refractivity contribution is 5.32. The van der Waals surface area contributed by atoms with Gasteiger partial charge in [-0.25, -0.2) is 0 Å². The Morgan fingerprint density at radius 2 is 2.17 bits per heavy atom. The standard InChI is InChI=1S/C10H10O2/c1-3-7-12-10-6-4-5-9(8-10)11-2/h1,4-6,8H,7H2,2H3. The summed E-state index contributed by atoms with van der Waals surface area (Å²) in [4.78, 5) is 0. The summed E-state index contributed by atoms with van der Waals surface area (Å²) in [5.74, 6) is 3.89. The van der Waals surface area contributed by atoms with Crippen LogP contribution >= 0.6 is 0 Å². The third kappa shape index (κ3) is 2.21. The van der Waals surface area contributed by atoms with Gasteiger partial charge in [-0.15, -0.1) is 6.42 Å². The van der Waals surface area contributed by atoms with Crippen molar-refractivity contribution in [1.29, 1.82) is 0 Å². The van der Waals surface area contributed by atoms with Crippen LogP contribution in [-0.4, -0.2) is 13.7 Å². The van der Waals surface area contributed by atoms with Crippen molar-refractivity contribution in [2.45, 2.75) is 0 Å². The molecular weight excluding hydrogens is 152 g/mol. The van der Waals surface area contributed by atoms with Gasteiger partial charge in [-0.1, -0.05) is 12.0 Å². The summed E-state index contributed by atoms with van der Waals surface area (Å²) in [5, 5.41) is 0. The van der Waals surface area contributed by atoms with Gasteiger partial charge < -0.3 is 9.47 Å². The van der Waals surface area contributed by atoms with Crippen LogP contribution in [0.15, 0.2) is 24.3 Å². The van der Waals surface area contributed by atoms with Crippen molar-refractivity contribution in [3.63, 3.8) is 0 Å². The molecule has 0 bridgehead atoms. The lowest BCUT2D eigenvalue weighted by Crippen LogP contribution is -1.93. The first kappa shape index (κ1) is 8.48. The summed E-state index contributed by atoms with van der Waals surface area (Å²) in [6.45, 7) is 0.285. The predicted octanol–water partition coefficient (Wildman–Crippen LogP) is 1.71. The molecule has 12 heavy (non-hydrogen) atoms. The zero-order valence-electron chi connectivity index (χ0n) is 6.91. The van der Waals surface area contributed by atoms with Crippen molar-refractivity contribution >= 4 is 0 Å². The molecule has 0 aromatic heterocycles. The lowest BCUT2D eigenvalue weighted by atomic mass is 10.3. The molecule has 0 aliphatic rings. The largest absolute Gasteiger partial charge is 0.497 e. The number of rotatable bonds is 3. The molecule has 0 spiro atoms. The number of terminal acetylenes is 1. The van der Waals surface area contributed by atoms with Crippen molar-refractivity contribution < 1.29 is 9.47 Å². The summed E-state index contributed by atoms with van der Waals surface area (Å²) >= 11 is 0. The second-order valence-electron chi connectivity index (χ2n) is 2.17. The van der Waals surface area contributed by atoms with Gasteiger partial charge in [0.2, 0.25) is 0 Å². The Morgan fingerprint density at radius 3 is 2.83 bits per heavy atom. The van der Waals surface area contributed by atoms with Crippen LogP contribution in [0.4, 0.5) is 0 Å². The van der Waals surface area contributed by atoms with Crippen LogP contribution in [0.5, 0.6) is 11.5 Å². The van der Waals surface area contributed by atoms with Crippen LogP contribution < -0.4 is 9.47 Å². The van der Waals surface area contributed by atoms with Gasteiger partial charge in [0.05, 0.1) is 7.11 Å². The average Bonchev–Trinajstić information content (AvgIpc) is 2.15. The van der Waals surface area contributed by atoms with Crippen molar-refractivity contribution in [2.75, 3.05) is 13.7 Å². The Labute approximate surface area is 72.1 Å². The molecule has 1 rings (SSSR count). The summed E-state index contributed by atoms with van der Waals surface area (Å²) in [5.41, 5.74) is 0. The van der Waals surface area contributed by atoms with Crippen LogP contribution in [0.2, 0.25) is 0 Å². The van der Waals surface area contributed by atoms with E-state index in [1.54, 1.807) is 13.2 Å². The van der Waals surface area contributed by atoms with Gasteiger partial charge in [0.15, 0.2) is 0 Å². The third-order valence-electron chi connectivity index (χ3n) is 1.36. The highest BCUT2D eigenvalue weighted by Gasteiger charge is 1.93. The van der Waals surface area contributed by atoms with Crippen molar-refractivity contribution in [3.05, 3.63) is 24.3 Å². The Morgan fingerprint density at radius 1 is 1.42 bits per heavy atom. The molecule has 1 aromatic rings. The normalized spacial score (nSPS) is 8.67. The molecule has 0 heterocycles. The highest BCUT2D eigenvalue weighted by Crippen LogP contribution is 2.18. The van der Waals surface area contributed by atoms with Gasteiger partial charge in [-0.05, 0) is 12.1 Å². The molecule has 0 radical (unpaired) electrons. The molecule has 2 heteroatoms. The van der Waals surface area contributed by atoms with E-state index in [2.05, 4.69) is 5.92 Å². The molecule has 0 unspecified atom stereocenters. The molecule has 1 aromatic carbocycles. The zero-order valence-corrected chi connectivity index (χ0v) is 6.91. The third-order valence-corrected chi connectivity index (χ3v) is 1.36. The average molecular weight is 162 g/mol. The summed E-state index contributed by atoms with van der Waals surface area (Å²) < 4.78 is 10.2. The van der Waals surface area contributed by atoms with Crippen LogP contribution in [0, 0.1) is 12.3 Å². The van der Waals surface area contributed by atoms with E-state index in [4.69, 9.17) is 15.9 Å². The van der Waals surface area contributed by atoms with E-state index in [0.717, 1.165) is 11.5 Å². The smallest absolute Gasteiger partial charge is 0.148 e. The second-order valence-corrected chi connectivity index (χ2v) is 2.17. The zero-order chi connectivity index (χ0) is 8.81. The van der Waals surface area contributed by atoms with Gasteiger partial charge >= 0.3 is 0 Å². The number of hydrogen-bond donors (Lipinski definition) is 0. The maximum absolute atomic E-state index is 5.18. The first-order chi connectivity index (χ1) is 5.86. The molecular formula is C10H10O2. The maximum Gasteiger partial charge on any atom is 0.148 e. The first-order valence-corrected chi connectivity index (χ1v) is 3.57. The van der Waals surface area contributed by atoms with E-state index in [9.17, 15) is 0 Å². The van der Waals surface area contributed by atoms with Crippen LogP contribution in [0.1, 0.15) is 0 Å². The van der Waals surface area contributed by atoms with Crippen LogP contribution in [-0.2, 0) is 0 Å². The SMILES string of the molecule is C#CCOc1cccc(OC)c1. The van der Waals surface area contributed by atoms with E-state index in [-0.39, 0.29) is 6.61 Å². The van der Waals surface area contributed by atoms with Crippen LogP contribution in [0.25, 0.3) is 0 Å². The summed E-state index contributed by atoms with van der Waals surface area (Å²) in [6, 6.07) is 7.32. The molecule has 62 valence electrons. The van der Waals surface area contributed by atoms with E-state index in [1.165, 1.54) is 0 Å². The Kier molecular flexibility index (Phi) is 3.04. The molecule has 0 atom stereocenters. The van der Waals surface area contributed by atoms with E-state index in [0.29, 0.717) is 0 Å². The van der Waals surface area contributed by atoms with Gasteiger partial charge in [0.1, 0.15) is 18.1 Å². The lowest BCUT2D eigenvalue weighted by Gasteiger charge is -2.03. The van der Waals surface area contributed by atoms with Gasteiger partial charge in [0, 0.05) is 6.07 Å². The Balaban J connectivity index is 2.67. The topological polar surface area (TPSA) is 18.5 Å². The molecule has 0 saturated heterocycles. The maximum atomic E-state index is 5.18. The second kappa shape index (κ2) is 4.30. The molecule has 0 N–H and O–H groups in total. The quantitative estimate of drug-likeness (QED) is 0.630. The fourth-order valence-corrected chi connectivity index (χ4v) is 0.816. The van der Waals surface area contributed by atoms with Crippen LogP contribution in [0.3, 0.4) is 0 Å². The molecule has 2 nitrogen and oxygen atoms in total. The van der Waals surface area contributed by atoms with Gasteiger partial charge in [-0.2, -0.15) is 0 Å². The summed E-state index contributed by atoms with van der Waals surface area (Å²) in [7, 11) is 1.61. The van der Waals surface area contributed by atoms with Crippen molar-refractivity contribution in [1.82, 2.24) is 0 Å². The minimum atomic E-state index is 0.285. The lowest BCUT2D eigenvalue weighted by molar-refractivity contribution is 0.363. The van der Waals surface area contributed by atoms with Crippen molar-refractivity contribution in [3.8, 4) is 23.8 Å². The minimum Gasteiger partial charge on any atom is -0.497 e.